The van der Waals surface area contributed by atoms with Crippen molar-refractivity contribution in [2.75, 3.05) is 0 Å². The number of halogens is 1. The van der Waals surface area contributed by atoms with Crippen molar-refractivity contribution in [3.8, 4) is 5.75 Å². The minimum atomic E-state index is -0.245. The number of nitrogens with one attached hydrogen (secondary N) is 1. The maximum atomic E-state index is 12.3. The van der Waals surface area contributed by atoms with Crippen LogP contribution in [0.3, 0.4) is 0 Å². The van der Waals surface area contributed by atoms with Crippen LogP contribution in [0.15, 0.2) is 30.5 Å². The third kappa shape index (κ3) is 4.49. The fraction of sp³-hybridized carbons (Fsp3) is 0.316. The van der Waals surface area contributed by atoms with Crippen molar-refractivity contribution in [2.24, 2.45) is 7.05 Å². The molecule has 7 nitrogen and oxygen atoms in total. The maximum Gasteiger partial charge on any atom is 0.272 e. The molecule has 142 valence electrons. The van der Waals surface area contributed by atoms with Crippen LogP contribution in [0, 0.1) is 20.8 Å². The minimum Gasteiger partial charge on any atom is -0.471 e. The second kappa shape index (κ2) is 7.84. The molecule has 0 aliphatic rings. The number of ether oxygens (including phenoxy) is 1. The summed E-state index contributed by atoms with van der Waals surface area (Å²) in [5.74, 6) is 0.466. The molecule has 1 N–H and O–H groups in total. The summed E-state index contributed by atoms with van der Waals surface area (Å²) in [6, 6.07) is 7.35. The second-order valence-corrected chi connectivity index (χ2v) is 6.85. The standard InChI is InChI=1S/C19H22ClN5O2/c1-12-7-16(8-13(2)18(12)20)27-11-25-6-5-17(23-25)19(26)21-10-15-9-14(3)22-24(15)4/h5-9H,10-11H2,1-4H3,(H,21,26). The van der Waals surface area contributed by atoms with Crippen LogP contribution in [-0.2, 0) is 20.3 Å². The van der Waals surface area contributed by atoms with Crippen LogP contribution in [0.25, 0.3) is 0 Å². The van der Waals surface area contributed by atoms with Gasteiger partial charge < -0.3 is 10.1 Å². The van der Waals surface area contributed by atoms with Gasteiger partial charge in [-0.15, -0.1) is 0 Å². The van der Waals surface area contributed by atoms with E-state index in [0.29, 0.717) is 18.0 Å². The number of carbonyl (C=O) groups is 1. The molecule has 3 aromatic rings. The summed E-state index contributed by atoms with van der Waals surface area (Å²) in [5, 5.41) is 12.1. The highest BCUT2D eigenvalue weighted by Gasteiger charge is 2.11. The highest BCUT2D eigenvalue weighted by atomic mass is 35.5. The molecule has 0 bridgehead atoms. The van der Waals surface area contributed by atoms with Crippen molar-refractivity contribution >= 4 is 17.5 Å². The van der Waals surface area contributed by atoms with Gasteiger partial charge >= 0.3 is 0 Å². The zero-order valence-corrected chi connectivity index (χ0v) is 16.5. The van der Waals surface area contributed by atoms with Crippen molar-refractivity contribution in [1.29, 1.82) is 0 Å². The number of aromatic nitrogens is 4. The lowest BCUT2D eigenvalue weighted by Crippen LogP contribution is -2.24. The van der Waals surface area contributed by atoms with Crippen LogP contribution in [0.1, 0.15) is 33.0 Å². The number of carbonyl (C=O) groups excluding carboxylic acids is 1. The number of nitrogens with zero attached hydrogens (tertiary/aromatic N) is 4. The van der Waals surface area contributed by atoms with E-state index in [0.717, 1.165) is 27.5 Å². The van der Waals surface area contributed by atoms with Crippen molar-refractivity contribution in [2.45, 2.75) is 34.0 Å². The van der Waals surface area contributed by atoms with Crippen LogP contribution in [0.4, 0.5) is 0 Å². The molecular formula is C19H22ClN5O2. The predicted molar refractivity (Wildman–Crippen MR) is 103 cm³/mol. The zero-order valence-electron chi connectivity index (χ0n) is 15.8. The summed E-state index contributed by atoms with van der Waals surface area (Å²) in [5.41, 5.74) is 4.09. The van der Waals surface area contributed by atoms with E-state index < -0.39 is 0 Å². The molecule has 1 aromatic carbocycles. The Labute approximate surface area is 162 Å². The molecule has 8 heteroatoms. The van der Waals surface area contributed by atoms with Crippen LogP contribution in [0.5, 0.6) is 5.75 Å². The van der Waals surface area contributed by atoms with E-state index in [1.54, 1.807) is 21.6 Å². The summed E-state index contributed by atoms with van der Waals surface area (Å²) < 4.78 is 9.07. The fourth-order valence-corrected chi connectivity index (χ4v) is 2.89. The molecule has 0 saturated heterocycles. The van der Waals surface area contributed by atoms with E-state index in [1.165, 1.54) is 0 Å². The molecule has 0 atom stereocenters. The molecule has 0 spiro atoms. The fourth-order valence-electron chi connectivity index (χ4n) is 2.78. The Hall–Kier alpha value is -2.80. The first-order valence-electron chi connectivity index (χ1n) is 8.54. The number of rotatable bonds is 6. The summed E-state index contributed by atoms with van der Waals surface area (Å²) in [4.78, 5) is 12.3. The first-order valence-corrected chi connectivity index (χ1v) is 8.92. The smallest absolute Gasteiger partial charge is 0.272 e. The maximum absolute atomic E-state index is 12.3. The van der Waals surface area contributed by atoms with Gasteiger partial charge in [0, 0.05) is 18.3 Å². The third-order valence-electron chi connectivity index (χ3n) is 4.18. The molecule has 2 heterocycles. The van der Waals surface area contributed by atoms with Crippen LogP contribution >= 0.6 is 11.6 Å². The Morgan fingerprint density at radius 1 is 1.19 bits per heavy atom. The first kappa shape index (κ1) is 19.0. The van der Waals surface area contributed by atoms with E-state index in [9.17, 15) is 4.79 Å². The van der Waals surface area contributed by atoms with Gasteiger partial charge in [0.1, 0.15) is 11.4 Å². The molecule has 0 unspecified atom stereocenters. The minimum absolute atomic E-state index is 0.203. The normalized spacial score (nSPS) is 10.9. The SMILES string of the molecule is Cc1cc(CNC(=O)c2ccn(COc3cc(C)c(Cl)c(C)c3)n2)n(C)n1. The lowest BCUT2D eigenvalue weighted by atomic mass is 10.1. The van der Waals surface area contributed by atoms with E-state index in [2.05, 4.69) is 15.5 Å². The molecule has 1 amide bonds. The van der Waals surface area contributed by atoms with Gasteiger partial charge in [-0.1, -0.05) is 11.6 Å². The van der Waals surface area contributed by atoms with Gasteiger partial charge in [-0.3, -0.25) is 9.48 Å². The molecule has 0 aliphatic heterocycles. The number of benzene rings is 1. The lowest BCUT2D eigenvalue weighted by Gasteiger charge is -2.10. The molecule has 2 aromatic heterocycles. The van der Waals surface area contributed by atoms with Gasteiger partial charge in [0.15, 0.2) is 6.73 Å². The molecular weight excluding hydrogens is 366 g/mol. The molecule has 0 saturated carbocycles. The van der Waals surface area contributed by atoms with Crippen LogP contribution in [-0.4, -0.2) is 25.5 Å². The topological polar surface area (TPSA) is 74.0 Å². The third-order valence-corrected chi connectivity index (χ3v) is 4.77. The molecule has 0 radical (unpaired) electrons. The van der Waals surface area contributed by atoms with E-state index in [1.807, 2.05) is 46.0 Å². The van der Waals surface area contributed by atoms with Crippen LogP contribution in [0.2, 0.25) is 5.02 Å². The number of aryl methyl sites for hydroxylation is 4. The predicted octanol–water partition coefficient (Wildman–Crippen LogP) is 3.16. The Morgan fingerprint density at radius 3 is 2.52 bits per heavy atom. The second-order valence-electron chi connectivity index (χ2n) is 6.47. The molecule has 0 aliphatic carbocycles. The lowest BCUT2D eigenvalue weighted by molar-refractivity contribution is 0.0943. The van der Waals surface area contributed by atoms with Crippen molar-refractivity contribution in [1.82, 2.24) is 24.9 Å². The van der Waals surface area contributed by atoms with E-state index >= 15 is 0 Å². The summed E-state index contributed by atoms with van der Waals surface area (Å²) in [7, 11) is 1.85. The monoisotopic (exact) mass is 387 g/mol. The highest BCUT2D eigenvalue weighted by Crippen LogP contribution is 2.25. The average molecular weight is 388 g/mol. The van der Waals surface area contributed by atoms with E-state index in [4.69, 9.17) is 16.3 Å². The Bertz CT molecular complexity index is 953. The number of hydrogen-bond donors (Lipinski definition) is 1. The quantitative estimate of drug-likeness (QED) is 0.705. The largest absolute Gasteiger partial charge is 0.471 e. The zero-order chi connectivity index (χ0) is 19.6. The number of hydrogen-bond acceptors (Lipinski definition) is 4. The number of amides is 1. The molecule has 0 fully saturated rings. The Morgan fingerprint density at radius 2 is 1.89 bits per heavy atom. The highest BCUT2D eigenvalue weighted by molar-refractivity contribution is 6.32. The van der Waals surface area contributed by atoms with Gasteiger partial charge in [0.05, 0.1) is 17.9 Å². The summed E-state index contributed by atoms with van der Waals surface area (Å²) in [6.45, 7) is 6.37. The van der Waals surface area contributed by atoms with Crippen molar-refractivity contribution in [3.05, 3.63) is 63.7 Å². The van der Waals surface area contributed by atoms with Gasteiger partial charge in [-0.2, -0.15) is 10.2 Å². The van der Waals surface area contributed by atoms with Gasteiger partial charge in [0.2, 0.25) is 0 Å². The van der Waals surface area contributed by atoms with Crippen molar-refractivity contribution in [3.63, 3.8) is 0 Å². The van der Waals surface area contributed by atoms with Gasteiger partial charge in [-0.05, 0) is 56.2 Å². The molecule has 27 heavy (non-hydrogen) atoms. The summed E-state index contributed by atoms with van der Waals surface area (Å²) >= 11 is 6.17. The Kier molecular flexibility index (Phi) is 5.51. The van der Waals surface area contributed by atoms with Gasteiger partial charge in [-0.25, -0.2) is 4.68 Å². The molecule has 3 rings (SSSR count). The average Bonchev–Trinajstić information content (AvgIpc) is 3.21. The van der Waals surface area contributed by atoms with Gasteiger partial charge in [0.25, 0.3) is 5.91 Å². The first-order chi connectivity index (χ1) is 12.8. The van der Waals surface area contributed by atoms with Crippen molar-refractivity contribution < 1.29 is 9.53 Å². The van der Waals surface area contributed by atoms with Crippen LogP contribution < -0.4 is 10.1 Å². The summed E-state index contributed by atoms with van der Waals surface area (Å²) in [6.07, 6.45) is 1.71. The Balaban J connectivity index is 1.57. The van der Waals surface area contributed by atoms with E-state index in [-0.39, 0.29) is 12.6 Å².